The van der Waals surface area contributed by atoms with Crippen molar-refractivity contribution < 1.29 is 14.3 Å². The number of hydrogen-bond acceptors (Lipinski definition) is 4. The SMILES string of the molecule is CN(C)C(=O)CN=C(NCC1CCOC1)N(C)CC1CCOC1. The zero-order chi connectivity index (χ0) is 16.7. The summed E-state index contributed by atoms with van der Waals surface area (Å²) in [5.41, 5.74) is 0. The second-order valence-electron chi connectivity index (χ2n) is 6.65. The van der Waals surface area contributed by atoms with E-state index in [4.69, 9.17) is 9.47 Å². The van der Waals surface area contributed by atoms with E-state index in [-0.39, 0.29) is 12.5 Å². The summed E-state index contributed by atoms with van der Waals surface area (Å²) in [7, 11) is 5.52. The monoisotopic (exact) mass is 326 g/mol. The topological polar surface area (TPSA) is 66.4 Å². The Kier molecular flexibility index (Phi) is 7.11. The van der Waals surface area contributed by atoms with Gasteiger partial charge in [0.25, 0.3) is 0 Å². The fourth-order valence-electron chi connectivity index (χ4n) is 2.78. The highest BCUT2D eigenvalue weighted by Gasteiger charge is 2.21. The second kappa shape index (κ2) is 9.08. The van der Waals surface area contributed by atoms with Gasteiger partial charge in [-0.05, 0) is 12.8 Å². The van der Waals surface area contributed by atoms with Crippen molar-refractivity contribution in [1.29, 1.82) is 0 Å². The lowest BCUT2D eigenvalue weighted by Crippen LogP contribution is -2.44. The number of rotatable bonds is 6. The van der Waals surface area contributed by atoms with Gasteiger partial charge >= 0.3 is 0 Å². The maximum atomic E-state index is 11.8. The van der Waals surface area contributed by atoms with Crippen molar-refractivity contribution in [2.45, 2.75) is 12.8 Å². The van der Waals surface area contributed by atoms with Crippen molar-refractivity contribution >= 4 is 11.9 Å². The van der Waals surface area contributed by atoms with Crippen LogP contribution in [0.25, 0.3) is 0 Å². The van der Waals surface area contributed by atoms with E-state index in [9.17, 15) is 4.79 Å². The van der Waals surface area contributed by atoms with Gasteiger partial charge in [-0.2, -0.15) is 0 Å². The first-order valence-corrected chi connectivity index (χ1v) is 8.41. The molecule has 2 heterocycles. The first kappa shape index (κ1) is 18.0. The van der Waals surface area contributed by atoms with E-state index in [1.54, 1.807) is 19.0 Å². The highest BCUT2D eigenvalue weighted by molar-refractivity contribution is 5.84. The van der Waals surface area contributed by atoms with Crippen LogP contribution in [0.2, 0.25) is 0 Å². The summed E-state index contributed by atoms with van der Waals surface area (Å²) in [5, 5.41) is 3.41. The predicted octanol–water partition coefficient (Wildman–Crippen LogP) is 0.0250. The lowest BCUT2D eigenvalue weighted by atomic mass is 10.1. The molecule has 0 aromatic rings. The molecule has 2 saturated heterocycles. The van der Waals surface area contributed by atoms with Gasteiger partial charge in [0.05, 0.1) is 13.2 Å². The number of nitrogens with one attached hydrogen (secondary N) is 1. The minimum atomic E-state index is 0.00565. The van der Waals surface area contributed by atoms with Crippen LogP contribution in [0.1, 0.15) is 12.8 Å². The van der Waals surface area contributed by atoms with E-state index in [1.807, 2.05) is 7.05 Å². The molecular weight excluding hydrogens is 296 g/mol. The lowest BCUT2D eigenvalue weighted by molar-refractivity contribution is -0.127. The molecule has 7 nitrogen and oxygen atoms in total. The molecule has 0 bridgehead atoms. The fourth-order valence-corrected chi connectivity index (χ4v) is 2.78. The molecule has 132 valence electrons. The summed E-state index contributed by atoms with van der Waals surface area (Å²) in [6, 6.07) is 0. The predicted molar refractivity (Wildman–Crippen MR) is 89.5 cm³/mol. The molecule has 2 unspecified atom stereocenters. The molecule has 2 aliphatic rings. The molecule has 0 saturated carbocycles. The van der Waals surface area contributed by atoms with Crippen molar-refractivity contribution in [1.82, 2.24) is 15.1 Å². The molecule has 2 atom stereocenters. The number of nitrogens with zero attached hydrogens (tertiary/aromatic N) is 3. The molecular formula is C16H30N4O3. The smallest absolute Gasteiger partial charge is 0.243 e. The molecule has 0 radical (unpaired) electrons. The van der Waals surface area contributed by atoms with Crippen LogP contribution >= 0.6 is 0 Å². The summed E-state index contributed by atoms with van der Waals surface area (Å²) in [6.45, 7) is 5.19. The Morgan fingerprint density at radius 3 is 2.35 bits per heavy atom. The number of ether oxygens (including phenoxy) is 2. The molecule has 0 aromatic heterocycles. The Bertz CT molecular complexity index is 402. The van der Waals surface area contributed by atoms with Crippen LogP contribution in [0.15, 0.2) is 4.99 Å². The van der Waals surface area contributed by atoms with Crippen molar-refractivity contribution in [3.8, 4) is 0 Å². The Labute approximate surface area is 139 Å². The number of likely N-dealkylation sites (N-methyl/N-ethyl adjacent to an activating group) is 1. The first-order valence-electron chi connectivity index (χ1n) is 8.41. The van der Waals surface area contributed by atoms with Crippen molar-refractivity contribution in [2.75, 3.05) is 67.2 Å². The molecule has 7 heteroatoms. The summed E-state index contributed by atoms with van der Waals surface area (Å²) >= 11 is 0. The van der Waals surface area contributed by atoms with Crippen molar-refractivity contribution in [2.24, 2.45) is 16.8 Å². The number of aliphatic imine (C=N–C) groups is 1. The highest BCUT2D eigenvalue weighted by Crippen LogP contribution is 2.14. The van der Waals surface area contributed by atoms with Gasteiger partial charge in [0.15, 0.2) is 5.96 Å². The normalized spacial score (nSPS) is 24.7. The van der Waals surface area contributed by atoms with Crippen molar-refractivity contribution in [3.05, 3.63) is 0 Å². The Morgan fingerprint density at radius 2 is 1.78 bits per heavy atom. The second-order valence-corrected chi connectivity index (χ2v) is 6.65. The standard InChI is InChI=1S/C16H30N4O3/c1-19(2)15(21)9-18-16(17-8-13-4-6-22-11-13)20(3)10-14-5-7-23-12-14/h13-14H,4-12H2,1-3H3,(H,17,18). The van der Waals surface area contributed by atoms with Gasteiger partial charge in [0, 0.05) is 59.3 Å². The highest BCUT2D eigenvalue weighted by atomic mass is 16.5. The molecule has 2 rings (SSSR count). The number of amides is 1. The molecule has 2 aliphatic heterocycles. The lowest BCUT2D eigenvalue weighted by Gasteiger charge is -2.26. The van der Waals surface area contributed by atoms with E-state index in [0.29, 0.717) is 11.8 Å². The average molecular weight is 326 g/mol. The van der Waals surface area contributed by atoms with Gasteiger partial charge in [0.1, 0.15) is 6.54 Å². The zero-order valence-electron chi connectivity index (χ0n) is 14.6. The molecule has 0 aromatic carbocycles. The summed E-state index contributed by atoms with van der Waals surface area (Å²) < 4.78 is 10.9. The number of carbonyl (C=O) groups is 1. The van der Waals surface area contributed by atoms with Crippen LogP contribution in [-0.2, 0) is 14.3 Å². The molecule has 1 N–H and O–H groups in total. The number of guanidine groups is 1. The summed E-state index contributed by atoms with van der Waals surface area (Å²) in [4.78, 5) is 20.0. The average Bonchev–Trinajstić information content (AvgIpc) is 3.20. The Hall–Kier alpha value is -1.34. The molecule has 1 amide bonds. The third-order valence-electron chi connectivity index (χ3n) is 4.35. The maximum Gasteiger partial charge on any atom is 0.243 e. The molecule has 2 fully saturated rings. The van der Waals surface area contributed by atoms with E-state index >= 15 is 0 Å². The third kappa shape index (κ3) is 5.99. The van der Waals surface area contributed by atoms with Crippen LogP contribution in [-0.4, -0.2) is 88.9 Å². The van der Waals surface area contributed by atoms with Crippen LogP contribution in [0, 0.1) is 11.8 Å². The van der Waals surface area contributed by atoms with E-state index in [0.717, 1.165) is 58.3 Å². The van der Waals surface area contributed by atoms with Gasteiger partial charge in [0.2, 0.25) is 5.91 Å². The summed E-state index contributed by atoms with van der Waals surface area (Å²) in [6.07, 6.45) is 2.17. The Balaban J connectivity index is 1.90. The van der Waals surface area contributed by atoms with Gasteiger partial charge < -0.3 is 24.6 Å². The van der Waals surface area contributed by atoms with Gasteiger partial charge in [-0.1, -0.05) is 0 Å². The van der Waals surface area contributed by atoms with Gasteiger partial charge in [-0.3, -0.25) is 4.79 Å². The summed E-state index contributed by atoms with van der Waals surface area (Å²) in [5.74, 6) is 1.85. The van der Waals surface area contributed by atoms with E-state index in [1.165, 1.54) is 0 Å². The minimum absolute atomic E-state index is 0.00565. The molecule has 0 aliphatic carbocycles. The van der Waals surface area contributed by atoms with Crippen LogP contribution < -0.4 is 5.32 Å². The van der Waals surface area contributed by atoms with Crippen molar-refractivity contribution in [3.63, 3.8) is 0 Å². The van der Waals surface area contributed by atoms with E-state index in [2.05, 4.69) is 15.2 Å². The molecule has 0 spiro atoms. The third-order valence-corrected chi connectivity index (χ3v) is 4.35. The minimum Gasteiger partial charge on any atom is -0.381 e. The maximum absolute atomic E-state index is 11.8. The Morgan fingerprint density at radius 1 is 1.13 bits per heavy atom. The number of carbonyl (C=O) groups excluding carboxylic acids is 1. The van der Waals surface area contributed by atoms with E-state index < -0.39 is 0 Å². The van der Waals surface area contributed by atoms with Gasteiger partial charge in [-0.15, -0.1) is 0 Å². The van der Waals surface area contributed by atoms with Gasteiger partial charge in [-0.25, -0.2) is 4.99 Å². The van der Waals surface area contributed by atoms with Crippen LogP contribution in [0.5, 0.6) is 0 Å². The largest absolute Gasteiger partial charge is 0.381 e. The first-order chi connectivity index (χ1) is 11.1. The zero-order valence-corrected chi connectivity index (χ0v) is 14.6. The number of hydrogen-bond donors (Lipinski definition) is 1. The quantitative estimate of drug-likeness (QED) is 0.551. The molecule has 23 heavy (non-hydrogen) atoms. The fraction of sp³-hybridized carbons (Fsp3) is 0.875. The van der Waals surface area contributed by atoms with Crippen LogP contribution in [0.4, 0.5) is 0 Å². The van der Waals surface area contributed by atoms with Crippen LogP contribution in [0.3, 0.4) is 0 Å².